The van der Waals surface area contributed by atoms with E-state index < -0.39 is 5.60 Å². The third kappa shape index (κ3) is 5.82. The van der Waals surface area contributed by atoms with Crippen molar-refractivity contribution in [1.82, 2.24) is 15.2 Å². The van der Waals surface area contributed by atoms with Crippen molar-refractivity contribution in [2.45, 2.75) is 64.6 Å². The molecule has 2 unspecified atom stereocenters. The number of amides is 1. The van der Waals surface area contributed by atoms with Crippen LogP contribution in [0.4, 0.5) is 4.79 Å². The Morgan fingerprint density at radius 1 is 1.35 bits per heavy atom. The first-order chi connectivity index (χ1) is 10.8. The number of carbonyl (C=O) groups is 1. The van der Waals surface area contributed by atoms with E-state index in [0.29, 0.717) is 6.54 Å². The number of aromatic nitrogens is 1. The summed E-state index contributed by atoms with van der Waals surface area (Å²) in [5.41, 5.74) is 0.768. The van der Waals surface area contributed by atoms with Crippen LogP contribution in [0.3, 0.4) is 0 Å². The van der Waals surface area contributed by atoms with Crippen LogP contribution in [0.2, 0.25) is 0 Å². The van der Waals surface area contributed by atoms with E-state index in [0.717, 1.165) is 25.8 Å². The molecule has 1 amide bonds. The highest BCUT2D eigenvalue weighted by atomic mass is 16.6. The lowest BCUT2D eigenvalue weighted by Crippen LogP contribution is -2.45. The first-order valence-corrected chi connectivity index (χ1v) is 8.49. The number of carbonyl (C=O) groups excluding carboxylic acids is 1. The Morgan fingerprint density at radius 2 is 2.04 bits per heavy atom. The van der Waals surface area contributed by atoms with Gasteiger partial charge < -0.3 is 15.0 Å². The molecule has 1 saturated heterocycles. The van der Waals surface area contributed by atoms with Crippen LogP contribution < -0.4 is 5.32 Å². The molecular weight excluding hydrogens is 290 g/mol. The molecule has 23 heavy (non-hydrogen) atoms. The van der Waals surface area contributed by atoms with E-state index >= 15 is 0 Å². The number of rotatable bonds is 3. The van der Waals surface area contributed by atoms with E-state index in [1.165, 1.54) is 5.56 Å². The van der Waals surface area contributed by atoms with Gasteiger partial charge in [0, 0.05) is 37.6 Å². The minimum Gasteiger partial charge on any atom is -0.444 e. The Hall–Kier alpha value is -1.62. The summed E-state index contributed by atoms with van der Waals surface area (Å²) in [5, 5.41) is 3.65. The zero-order valence-corrected chi connectivity index (χ0v) is 14.7. The zero-order valence-electron chi connectivity index (χ0n) is 14.7. The lowest BCUT2D eigenvalue weighted by atomic mass is 10.1. The van der Waals surface area contributed by atoms with E-state index in [-0.39, 0.29) is 18.2 Å². The second kappa shape index (κ2) is 7.77. The van der Waals surface area contributed by atoms with Gasteiger partial charge in [0.1, 0.15) is 5.60 Å². The van der Waals surface area contributed by atoms with E-state index in [9.17, 15) is 4.79 Å². The molecule has 0 aliphatic carbocycles. The third-order valence-electron chi connectivity index (χ3n) is 4.01. The Kier molecular flexibility index (Phi) is 5.99. The van der Waals surface area contributed by atoms with Crippen LogP contribution in [-0.4, -0.2) is 40.7 Å². The van der Waals surface area contributed by atoms with Gasteiger partial charge in [0.25, 0.3) is 0 Å². The van der Waals surface area contributed by atoms with Gasteiger partial charge in [0.15, 0.2) is 0 Å². The topological polar surface area (TPSA) is 54.5 Å². The molecule has 0 aromatic carbocycles. The summed E-state index contributed by atoms with van der Waals surface area (Å²) >= 11 is 0. The summed E-state index contributed by atoms with van der Waals surface area (Å²) in [6.07, 6.45) is 6.65. The van der Waals surface area contributed by atoms with Crippen molar-refractivity contribution >= 4 is 6.09 Å². The first kappa shape index (κ1) is 17.7. The molecule has 0 spiro atoms. The minimum atomic E-state index is -0.448. The molecule has 0 bridgehead atoms. The zero-order chi connectivity index (χ0) is 16.9. The summed E-state index contributed by atoms with van der Waals surface area (Å²) < 4.78 is 5.52. The molecule has 2 rings (SSSR count). The molecule has 0 radical (unpaired) electrons. The first-order valence-electron chi connectivity index (χ1n) is 8.49. The molecular formula is C18H29N3O2. The molecule has 2 atom stereocenters. The van der Waals surface area contributed by atoms with Crippen molar-refractivity contribution in [3.8, 4) is 0 Å². The van der Waals surface area contributed by atoms with Crippen LogP contribution in [0.25, 0.3) is 0 Å². The Balaban J connectivity index is 1.95. The maximum Gasteiger partial charge on any atom is 0.410 e. The smallest absolute Gasteiger partial charge is 0.410 e. The number of hydrogen-bond acceptors (Lipinski definition) is 4. The van der Waals surface area contributed by atoms with Crippen LogP contribution >= 0.6 is 0 Å². The lowest BCUT2D eigenvalue weighted by Gasteiger charge is -2.30. The third-order valence-corrected chi connectivity index (χ3v) is 4.01. The highest BCUT2D eigenvalue weighted by Crippen LogP contribution is 2.18. The van der Waals surface area contributed by atoms with Gasteiger partial charge in [0.05, 0.1) is 0 Å². The van der Waals surface area contributed by atoms with Gasteiger partial charge >= 0.3 is 6.09 Å². The lowest BCUT2D eigenvalue weighted by molar-refractivity contribution is 0.0242. The molecule has 1 aromatic heterocycles. The Labute approximate surface area is 139 Å². The van der Waals surface area contributed by atoms with E-state index in [2.05, 4.69) is 17.2 Å². The quantitative estimate of drug-likeness (QED) is 0.926. The maximum absolute atomic E-state index is 12.3. The van der Waals surface area contributed by atoms with Gasteiger partial charge in [0.2, 0.25) is 0 Å². The number of ether oxygens (including phenoxy) is 1. The summed E-state index contributed by atoms with van der Waals surface area (Å²) in [4.78, 5) is 18.2. The molecule has 1 aliphatic heterocycles. The molecule has 2 heterocycles. The average Bonchev–Trinajstić information content (AvgIpc) is 2.72. The van der Waals surface area contributed by atoms with Crippen molar-refractivity contribution in [3.05, 3.63) is 30.1 Å². The van der Waals surface area contributed by atoms with E-state index in [1.54, 1.807) is 0 Å². The van der Waals surface area contributed by atoms with Gasteiger partial charge in [-0.1, -0.05) is 6.42 Å². The Morgan fingerprint density at radius 3 is 2.70 bits per heavy atom. The van der Waals surface area contributed by atoms with Gasteiger partial charge in [-0.05, 0) is 58.2 Å². The van der Waals surface area contributed by atoms with Gasteiger partial charge in [-0.15, -0.1) is 0 Å². The molecule has 0 saturated carbocycles. The number of hydrogen-bond donors (Lipinski definition) is 1. The number of nitrogens with zero attached hydrogens (tertiary/aromatic N) is 2. The van der Waals surface area contributed by atoms with Crippen LogP contribution in [0.15, 0.2) is 24.5 Å². The molecule has 5 heteroatoms. The van der Waals surface area contributed by atoms with Crippen LogP contribution in [0.1, 0.15) is 58.6 Å². The van der Waals surface area contributed by atoms with Crippen molar-refractivity contribution in [1.29, 1.82) is 0 Å². The van der Waals surface area contributed by atoms with Gasteiger partial charge in [-0.2, -0.15) is 0 Å². The molecule has 5 nitrogen and oxygen atoms in total. The SMILES string of the molecule is CC(NC1CCCCN(C(=O)OC(C)(C)C)C1)c1ccncc1. The average molecular weight is 319 g/mol. The summed E-state index contributed by atoms with van der Waals surface area (Å²) in [6, 6.07) is 4.58. The molecule has 1 aliphatic rings. The van der Waals surface area contributed by atoms with Crippen LogP contribution in [0.5, 0.6) is 0 Å². The highest BCUT2D eigenvalue weighted by molar-refractivity contribution is 5.68. The standard InChI is InChI=1S/C18H29N3O2/c1-14(15-8-10-19-11-9-15)20-16-7-5-6-12-21(13-16)17(22)23-18(2,3)4/h8-11,14,16,20H,5-7,12-13H2,1-4H3. The predicted molar refractivity (Wildman–Crippen MR) is 91.2 cm³/mol. The fraction of sp³-hybridized carbons (Fsp3) is 0.667. The molecule has 1 fully saturated rings. The van der Waals surface area contributed by atoms with Crippen molar-refractivity contribution in [2.24, 2.45) is 0 Å². The molecule has 1 aromatic rings. The monoisotopic (exact) mass is 319 g/mol. The van der Waals surface area contributed by atoms with Gasteiger partial charge in [-0.25, -0.2) is 4.79 Å². The summed E-state index contributed by atoms with van der Waals surface area (Å²) in [6.45, 7) is 9.34. The minimum absolute atomic E-state index is 0.206. The van der Waals surface area contributed by atoms with Crippen LogP contribution in [-0.2, 0) is 4.74 Å². The van der Waals surface area contributed by atoms with Crippen LogP contribution in [0, 0.1) is 0 Å². The summed E-state index contributed by atoms with van der Waals surface area (Å²) in [7, 11) is 0. The number of likely N-dealkylation sites (tertiary alicyclic amines) is 1. The summed E-state index contributed by atoms with van der Waals surface area (Å²) in [5.74, 6) is 0. The second-order valence-electron chi connectivity index (χ2n) is 7.29. The van der Waals surface area contributed by atoms with E-state index in [4.69, 9.17) is 4.74 Å². The maximum atomic E-state index is 12.3. The van der Waals surface area contributed by atoms with Crippen molar-refractivity contribution in [3.63, 3.8) is 0 Å². The Bertz CT molecular complexity index is 499. The van der Waals surface area contributed by atoms with E-state index in [1.807, 2.05) is 50.2 Å². The predicted octanol–water partition coefficient (Wildman–Crippen LogP) is 3.52. The second-order valence-corrected chi connectivity index (χ2v) is 7.29. The fourth-order valence-corrected chi connectivity index (χ4v) is 2.87. The van der Waals surface area contributed by atoms with Crippen molar-refractivity contribution in [2.75, 3.05) is 13.1 Å². The van der Waals surface area contributed by atoms with Crippen molar-refractivity contribution < 1.29 is 9.53 Å². The largest absolute Gasteiger partial charge is 0.444 e. The highest BCUT2D eigenvalue weighted by Gasteiger charge is 2.27. The number of nitrogens with one attached hydrogen (secondary N) is 1. The van der Waals surface area contributed by atoms with Gasteiger partial charge in [-0.3, -0.25) is 4.98 Å². The number of pyridine rings is 1. The molecule has 128 valence electrons. The molecule has 1 N–H and O–H groups in total. The normalized spacial score (nSPS) is 20.7. The fourth-order valence-electron chi connectivity index (χ4n) is 2.87.